The number of halogens is 1. The molecule has 0 atom stereocenters. The van der Waals surface area contributed by atoms with E-state index in [0.717, 1.165) is 13.0 Å². The summed E-state index contributed by atoms with van der Waals surface area (Å²) in [5.41, 5.74) is 6.78. The van der Waals surface area contributed by atoms with Gasteiger partial charge in [-0.25, -0.2) is 0 Å². The quantitative estimate of drug-likeness (QED) is 0.818. The lowest BCUT2D eigenvalue weighted by Crippen LogP contribution is -2.26. The number of nitrogens with one attached hydrogen (secondary N) is 1. The van der Waals surface area contributed by atoms with Crippen LogP contribution in [0.15, 0.2) is 18.2 Å². The van der Waals surface area contributed by atoms with Crippen LogP contribution < -0.4 is 11.1 Å². The van der Waals surface area contributed by atoms with Crippen LogP contribution in [0.2, 0.25) is 5.02 Å². The van der Waals surface area contributed by atoms with Crippen molar-refractivity contribution < 1.29 is 9.59 Å². The van der Waals surface area contributed by atoms with Gasteiger partial charge in [-0.2, -0.15) is 0 Å². The molecule has 1 aromatic rings. The van der Waals surface area contributed by atoms with Crippen molar-refractivity contribution in [2.24, 2.45) is 0 Å². The van der Waals surface area contributed by atoms with Gasteiger partial charge in [-0.3, -0.25) is 9.59 Å². The molecule has 108 valence electrons. The summed E-state index contributed by atoms with van der Waals surface area (Å²) in [7, 11) is 0. The van der Waals surface area contributed by atoms with Gasteiger partial charge in [0.2, 0.25) is 11.8 Å². The first-order chi connectivity index (χ1) is 9.56. The molecule has 2 amide bonds. The molecule has 6 heteroatoms. The van der Waals surface area contributed by atoms with Crippen molar-refractivity contribution in [3.63, 3.8) is 0 Å². The van der Waals surface area contributed by atoms with E-state index in [1.54, 1.807) is 18.2 Å². The lowest BCUT2D eigenvalue weighted by atomic mass is 10.2. The highest BCUT2D eigenvalue weighted by Gasteiger charge is 2.19. The smallest absolute Gasteiger partial charge is 0.224 e. The molecule has 1 aliphatic heterocycles. The van der Waals surface area contributed by atoms with Crippen LogP contribution >= 0.6 is 11.6 Å². The van der Waals surface area contributed by atoms with Crippen LogP contribution in [0.1, 0.15) is 25.7 Å². The standard InChI is InChI=1S/C14H18ClN3O2/c15-10-5-6-12(11(16)9-10)17-13(19)3-1-7-18-8-2-4-14(18)20/h5-6,9H,1-4,7-8,16H2,(H,17,19). The maximum absolute atomic E-state index is 11.8. The number of amides is 2. The third-order valence-electron chi connectivity index (χ3n) is 3.29. The molecular formula is C14H18ClN3O2. The van der Waals surface area contributed by atoms with Gasteiger partial charge in [0.15, 0.2) is 0 Å². The van der Waals surface area contributed by atoms with Gasteiger partial charge in [0.05, 0.1) is 11.4 Å². The third-order valence-corrected chi connectivity index (χ3v) is 3.53. The number of carbonyl (C=O) groups is 2. The number of rotatable bonds is 5. The SMILES string of the molecule is Nc1cc(Cl)ccc1NC(=O)CCCN1CCCC1=O. The molecule has 0 bridgehead atoms. The van der Waals surface area contributed by atoms with Gasteiger partial charge >= 0.3 is 0 Å². The molecule has 0 aliphatic carbocycles. The van der Waals surface area contributed by atoms with E-state index in [1.807, 2.05) is 4.90 Å². The first kappa shape index (κ1) is 14.7. The molecule has 3 N–H and O–H groups in total. The highest BCUT2D eigenvalue weighted by atomic mass is 35.5. The van der Waals surface area contributed by atoms with Crippen LogP contribution in [0.5, 0.6) is 0 Å². The molecule has 0 aromatic heterocycles. The number of nitrogens with zero attached hydrogens (tertiary/aromatic N) is 1. The molecule has 1 heterocycles. The third kappa shape index (κ3) is 3.87. The number of anilines is 2. The number of nitrogen functional groups attached to an aromatic ring is 1. The lowest BCUT2D eigenvalue weighted by Gasteiger charge is -2.15. The first-order valence-electron chi connectivity index (χ1n) is 6.69. The lowest BCUT2D eigenvalue weighted by molar-refractivity contribution is -0.128. The second-order valence-corrected chi connectivity index (χ2v) is 5.30. The maximum Gasteiger partial charge on any atom is 0.224 e. The van der Waals surface area contributed by atoms with Crippen LogP contribution in [0.4, 0.5) is 11.4 Å². The molecule has 0 radical (unpaired) electrons. The van der Waals surface area contributed by atoms with Crippen LogP contribution in [-0.4, -0.2) is 29.8 Å². The van der Waals surface area contributed by atoms with Gasteiger partial charge in [0.25, 0.3) is 0 Å². The topological polar surface area (TPSA) is 75.4 Å². The van der Waals surface area contributed by atoms with E-state index in [4.69, 9.17) is 17.3 Å². The van der Waals surface area contributed by atoms with Crippen LogP contribution in [0, 0.1) is 0 Å². The summed E-state index contributed by atoms with van der Waals surface area (Å²) in [5.74, 6) is 0.0815. The molecule has 5 nitrogen and oxygen atoms in total. The number of hydrogen-bond acceptors (Lipinski definition) is 3. The fourth-order valence-electron chi connectivity index (χ4n) is 2.23. The van der Waals surface area contributed by atoms with Gasteiger partial charge in [0, 0.05) is 31.0 Å². The first-order valence-corrected chi connectivity index (χ1v) is 7.07. The second kappa shape index (κ2) is 6.61. The Bertz CT molecular complexity index is 519. The van der Waals surface area contributed by atoms with Crippen LogP contribution in [0.3, 0.4) is 0 Å². The number of benzene rings is 1. The minimum Gasteiger partial charge on any atom is -0.397 e. The summed E-state index contributed by atoms with van der Waals surface area (Å²) in [4.78, 5) is 25.0. The predicted molar refractivity (Wildman–Crippen MR) is 79.5 cm³/mol. The van der Waals surface area contributed by atoms with Gasteiger partial charge in [-0.15, -0.1) is 0 Å². The molecule has 2 rings (SSSR count). The van der Waals surface area contributed by atoms with E-state index in [-0.39, 0.29) is 11.8 Å². The monoisotopic (exact) mass is 295 g/mol. The average molecular weight is 296 g/mol. The Kier molecular flexibility index (Phi) is 4.84. The molecular weight excluding hydrogens is 278 g/mol. The minimum absolute atomic E-state index is 0.106. The van der Waals surface area contributed by atoms with Crippen molar-refractivity contribution in [3.05, 3.63) is 23.2 Å². The molecule has 0 saturated carbocycles. The summed E-state index contributed by atoms with van der Waals surface area (Å²) < 4.78 is 0. The predicted octanol–water partition coefficient (Wildman–Crippen LogP) is 2.26. The zero-order chi connectivity index (χ0) is 14.5. The fraction of sp³-hybridized carbons (Fsp3) is 0.429. The van der Waals surface area contributed by atoms with E-state index in [0.29, 0.717) is 42.2 Å². The Morgan fingerprint density at radius 3 is 2.90 bits per heavy atom. The highest BCUT2D eigenvalue weighted by Crippen LogP contribution is 2.22. The Morgan fingerprint density at radius 1 is 1.45 bits per heavy atom. The summed E-state index contributed by atoms with van der Waals surface area (Å²) in [6, 6.07) is 4.95. The van der Waals surface area contributed by atoms with Gasteiger partial charge in [-0.1, -0.05) is 11.6 Å². The number of hydrogen-bond donors (Lipinski definition) is 2. The second-order valence-electron chi connectivity index (χ2n) is 4.87. The van der Waals surface area contributed by atoms with Gasteiger partial charge in [0.1, 0.15) is 0 Å². The van der Waals surface area contributed by atoms with Crippen LogP contribution in [0.25, 0.3) is 0 Å². The van der Waals surface area contributed by atoms with Crippen molar-refractivity contribution in [1.29, 1.82) is 0 Å². The van der Waals surface area contributed by atoms with E-state index in [2.05, 4.69) is 5.32 Å². The molecule has 0 unspecified atom stereocenters. The molecule has 0 spiro atoms. The normalized spacial score (nSPS) is 14.7. The minimum atomic E-state index is -0.106. The Balaban J connectivity index is 1.76. The number of carbonyl (C=O) groups excluding carboxylic acids is 2. The van der Waals surface area contributed by atoms with Crippen molar-refractivity contribution in [3.8, 4) is 0 Å². The summed E-state index contributed by atoms with van der Waals surface area (Å²) >= 11 is 5.79. The van der Waals surface area contributed by atoms with Crippen molar-refractivity contribution in [1.82, 2.24) is 4.90 Å². The Morgan fingerprint density at radius 2 is 2.25 bits per heavy atom. The number of nitrogens with two attached hydrogens (primary N) is 1. The zero-order valence-electron chi connectivity index (χ0n) is 11.2. The van der Waals surface area contributed by atoms with Crippen molar-refractivity contribution >= 4 is 34.8 Å². The maximum atomic E-state index is 11.8. The molecule has 1 aliphatic rings. The van der Waals surface area contributed by atoms with E-state index in [9.17, 15) is 9.59 Å². The van der Waals surface area contributed by atoms with Gasteiger partial charge in [-0.05, 0) is 31.0 Å². The van der Waals surface area contributed by atoms with Crippen molar-refractivity contribution in [2.75, 3.05) is 24.1 Å². The summed E-state index contributed by atoms with van der Waals surface area (Å²) in [6.07, 6.45) is 2.58. The summed E-state index contributed by atoms with van der Waals surface area (Å²) in [5, 5.41) is 3.28. The highest BCUT2D eigenvalue weighted by molar-refractivity contribution is 6.31. The van der Waals surface area contributed by atoms with Crippen molar-refractivity contribution in [2.45, 2.75) is 25.7 Å². The molecule has 1 saturated heterocycles. The van der Waals surface area contributed by atoms with E-state index < -0.39 is 0 Å². The zero-order valence-corrected chi connectivity index (χ0v) is 11.9. The molecule has 1 aromatic carbocycles. The fourth-order valence-corrected chi connectivity index (χ4v) is 2.41. The van der Waals surface area contributed by atoms with Crippen LogP contribution in [-0.2, 0) is 9.59 Å². The summed E-state index contributed by atoms with van der Waals surface area (Å²) in [6.45, 7) is 1.45. The molecule has 1 fully saturated rings. The average Bonchev–Trinajstić information content (AvgIpc) is 2.79. The van der Waals surface area contributed by atoms with Gasteiger partial charge < -0.3 is 16.0 Å². The Hall–Kier alpha value is -1.75. The molecule has 20 heavy (non-hydrogen) atoms. The Labute approximate surface area is 123 Å². The number of likely N-dealkylation sites (tertiary alicyclic amines) is 1. The van der Waals surface area contributed by atoms with E-state index >= 15 is 0 Å². The van der Waals surface area contributed by atoms with E-state index in [1.165, 1.54) is 0 Å². The largest absolute Gasteiger partial charge is 0.397 e.